The van der Waals surface area contributed by atoms with Crippen molar-refractivity contribution in [2.24, 2.45) is 0 Å². The molecule has 1 aromatic rings. The summed E-state index contributed by atoms with van der Waals surface area (Å²) in [6, 6.07) is 6.20. The summed E-state index contributed by atoms with van der Waals surface area (Å²) in [5.41, 5.74) is 2.74. The Bertz CT molecular complexity index is 334. The van der Waals surface area contributed by atoms with E-state index in [2.05, 4.69) is 36.1 Å². The molecule has 0 radical (unpaired) electrons. The summed E-state index contributed by atoms with van der Waals surface area (Å²) >= 11 is 8.02. The zero-order chi connectivity index (χ0) is 10.7. The Morgan fingerprint density at radius 1 is 1.53 bits per heavy atom. The van der Waals surface area contributed by atoms with Crippen molar-refractivity contribution in [3.8, 4) is 0 Å². The van der Waals surface area contributed by atoms with Gasteiger partial charge >= 0.3 is 0 Å². The van der Waals surface area contributed by atoms with Gasteiger partial charge in [-0.05, 0) is 36.6 Å². The third kappa shape index (κ3) is 3.13. The maximum atomic E-state index is 5.94. The van der Waals surface area contributed by atoms with Crippen LogP contribution in [0.5, 0.6) is 0 Å². The summed E-state index contributed by atoms with van der Waals surface area (Å²) in [6.07, 6.45) is 1.15. The van der Waals surface area contributed by atoms with Crippen LogP contribution in [-0.4, -0.2) is 24.1 Å². The molecule has 1 aliphatic rings. The molecular formula is C12H16ClNS. The molecule has 15 heavy (non-hydrogen) atoms. The SMILES string of the molecule is Cc1cc(Cl)ccc1CC1CNCCS1. The van der Waals surface area contributed by atoms with Crippen molar-refractivity contribution in [2.75, 3.05) is 18.8 Å². The van der Waals surface area contributed by atoms with Gasteiger partial charge in [0.2, 0.25) is 0 Å². The lowest BCUT2D eigenvalue weighted by Gasteiger charge is -2.23. The molecule has 1 aliphatic heterocycles. The third-order valence-corrected chi connectivity index (χ3v) is 4.24. The molecule has 1 atom stereocenters. The fourth-order valence-corrected chi connectivity index (χ4v) is 3.24. The summed E-state index contributed by atoms with van der Waals surface area (Å²) in [4.78, 5) is 0. The topological polar surface area (TPSA) is 12.0 Å². The van der Waals surface area contributed by atoms with Crippen LogP contribution in [0.25, 0.3) is 0 Å². The molecule has 1 saturated heterocycles. The second-order valence-electron chi connectivity index (χ2n) is 3.97. The van der Waals surface area contributed by atoms with Gasteiger partial charge in [0.15, 0.2) is 0 Å². The van der Waals surface area contributed by atoms with Crippen molar-refractivity contribution in [3.63, 3.8) is 0 Å². The van der Waals surface area contributed by atoms with E-state index in [1.165, 1.54) is 16.9 Å². The van der Waals surface area contributed by atoms with E-state index in [-0.39, 0.29) is 0 Å². The summed E-state index contributed by atoms with van der Waals surface area (Å²) < 4.78 is 0. The van der Waals surface area contributed by atoms with Gasteiger partial charge in [-0.15, -0.1) is 0 Å². The lowest BCUT2D eigenvalue weighted by atomic mass is 10.0. The highest BCUT2D eigenvalue weighted by Gasteiger charge is 2.14. The predicted octanol–water partition coefficient (Wildman–Crippen LogP) is 2.90. The maximum Gasteiger partial charge on any atom is 0.0408 e. The highest BCUT2D eigenvalue weighted by atomic mass is 35.5. The van der Waals surface area contributed by atoms with Gasteiger partial charge in [0, 0.05) is 29.1 Å². The molecule has 1 fully saturated rings. The minimum absolute atomic E-state index is 0.721. The third-order valence-electron chi connectivity index (χ3n) is 2.76. The summed E-state index contributed by atoms with van der Waals surface area (Å²) in [5, 5.41) is 5.00. The fourth-order valence-electron chi connectivity index (χ4n) is 1.88. The molecule has 0 amide bonds. The lowest BCUT2D eigenvalue weighted by Crippen LogP contribution is -2.33. The molecular weight excluding hydrogens is 226 g/mol. The number of nitrogens with one attached hydrogen (secondary N) is 1. The Morgan fingerprint density at radius 3 is 3.07 bits per heavy atom. The van der Waals surface area contributed by atoms with Crippen molar-refractivity contribution >= 4 is 23.4 Å². The molecule has 1 N–H and O–H groups in total. The number of thioether (sulfide) groups is 1. The number of halogens is 1. The first-order valence-electron chi connectivity index (χ1n) is 5.33. The van der Waals surface area contributed by atoms with Crippen molar-refractivity contribution < 1.29 is 0 Å². The average Bonchev–Trinajstić information content (AvgIpc) is 2.24. The lowest BCUT2D eigenvalue weighted by molar-refractivity contribution is 0.665. The van der Waals surface area contributed by atoms with Gasteiger partial charge < -0.3 is 5.32 Å². The molecule has 1 aromatic carbocycles. The van der Waals surface area contributed by atoms with Crippen LogP contribution in [0, 0.1) is 6.92 Å². The maximum absolute atomic E-state index is 5.94. The van der Waals surface area contributed by atoms with Gasteiger partial charge in [0.25, 0.3) is 0 Å². The van der Waals surface area contributed by atoms with Crippen molar-refractivity contribution in [1.29, 1.82) is 0 Å². The normalized spacial score (nSPS) is 21.6. The number of hydrogen-bond donors (Lipinski definition) is 1. The Balaban J connectivity index is 2.03. The van der Waals surface area contributed by atoms with Gasteiger partial charge in [0.05, 0.1) is 0 Å². The molecule has 0 spiro atoms. The van der Waals surface area contributed by atoms with E-state index in [1.54, 1.807) is 0 Å². The van der Waals surface area contributed by atoms with Crippen molar-refractivity contribution in [2.45, 2.75) is 18.6 Å². The summed E-state index contributed by atoms with van der Waals surface area (Å²) in [7, 11) is 0. The fraction of sp³-hybridized carbons (Fsp3) is 0.500. The first kappa shape index (κ1) is 11.3. The molecule has 1 unspecified atom stereocenters. The highest BCUT2D eigenvalue weighted by Crippen LogP contribution is 2.22. The van der Waals surface area contributed by atoms with Crippen LogP contribution in [0.15, 0.2) is 18.2 Å². The first-order valence-corrected chi connectivity index (χ1v) is 6.76. The second-order valence-corrected chi connectivity index (χ2v) is 5.82. The molecule has 2 rings (SSSR count). The van der Waals surface area contributed by atoms with Gasteiger partial charge in [-0.3, -0.25) is 0 Å². The minimum atomic E-state index is 0.721. The number of benzene rings is 1. The van der Waals surface area contributed by atoms with Crippen LogP contribution >= 0.6 is 23.4 Å². The zero-order valence-electron chi connectivity index (χ0n) is 8.92. The zero-order valence-corrected chi connectivity index (χ0v) is 10.5. The predicted molar refractivity (Wildman–Crippen MR) is 69.0 cm³/mol. The van der Waals surface area contributed by atoms with Crippen LogP contribution in [0.1, 0.15) is 11.1 Å². The molecule has 1 heterocycles. The molecule has 0 aromatic heterocycles. The van der Waals surface area contributed by atoms with Crippen LogP contribution in [-0.2, 0) is 6.42 Å². The van der Waals surface area contributed by atoms with Gasteiger partial charge in [-0.2, -0.15) is 11.8 Å². The van der Waals surface area contributed by atoms with E-state index >= 15 is 0 Å². The van der Waals surface area contributed by atoms with Crippen molar-refractivity contribution in [1.82, 2.24) is 5.32 Å². The van der Waals surface area contributed by atoms with E-state index in [0.717, 1.165) is 29.8 Å². The molecule has 0 bridgehead atoms. The molecule has 3 heteroatoms. The highest BCUT2D eigenvalue weighted by molar-refractivity contribution is 8.00. The molecule has 82 valence electrons. The van der Waals surface area contributed by atoms with Gasteiger partial charge in [0.1, 0.15) is 0 Å². The van der Waals surface area contributed by atoms with E-state index in [4.69, 9.17) is 11.6 Å². The van der Waals surface area contributed by atoms with Crippen LogP contribution in [0.4, 0.5) is 0 Å². The Kier molecular flexibility index (Phi) is 3.95. The first-order chi connectivity index (χ1) is 7.25. The van der Waals surface area contributed by atoms with E-state index in [9.17, 15) is 0 Å². The number of hydrogen-bond acceptors (Lipinski definition) is 2. The smallest absolute Gasteiger partial charge is 0.0408 e. The largest absolute Gasteiger partial charge is 0.315 e. The molecule has 1 nitrogen and oxygen atoms in total. The van der Waals surface area contributed by atoms with Crippen LogP contribution in [0.3, 0.4) is 0 Å². The minimum Gasteiger partial charge on any atom is -0.315 e. The van der Waals surface area contributed by atoms with Crippen LogP contribution < -0.4 is 5.32 Å². The number of rotatable bonds is 2. The number of aryl methyl sites for hydroxylation is 1. The van der Waals surface area contributed by atoms with E-state index < -0.39 is 0 Å². The Hall–Kier alpha value is -0.180. The molecule has 0 aliphatic carbocycles. The second kappa shape index (κ2) is 5.24. The van der Waals surface area contributed by atoms with E-state index in [1.807, 2.05) is 6.07 Å². The standard InChI is InChI=1S/C12H16ClNS/c1-9-6-11(13)3-2-10(9)7-12-8-14-4-5-15-12/h2-3,6,12,14H,4-5,7-8H2,1H3. The summed E-state index contributed by atoms with van der Waals surface area (Å²) in [5.74, 6) is 1.23. The monoisotopic (exact) mass is 241 g/mol. The quantitative estimate of drug-likeness (QED) is 0.855. The van der Waals surface area contributed by atoms with Gasteiger partial charge in [-0.25, -0.2) is 0 Å². The molecule has 0 saturated carbocycles. The Morgan fingerprint density at radius 2 is 2.40 bits per heavy atom. The van der Waals surface area contributed by atoms with Gasteiger partial charge in [-0.1, -0.05) is 17.7 Å². The van der Waals surface area contributed by atoms with Crippen molar-refractivity contribution in [3.05, 3.63) is 34.3 Å². The summed E-state index contributed by atoms with van der Waals surface area (Å²) in [6.45, 7) is 4.43. The Labute approximate surface area is 101 Å². The average molecular weight is 242 g/mol. The van der Waals surface area contributed by atoms with E-state index in [0.29, 0.717) is 0 Å². The van der Waals surface area contributed by atoms with Crippen LogP contribution in [0.2, 0.25) is 5.02 Å².